The second-order valence-corrected chi connectivity index (χ2v) is 8.05. The third-order valence-electron chi connectivity index (χ3n) is 5.45. The molecule has 0 radical (unpaired) electrons. The number of aliphatic hydroxyl groups excluding tert-OH is 1. The first-order valence-corrected chi connectivity index (χ1v) is 10.8. The molecule has 7 heteroatoms. The fourth-order valence-electron chi connectivity index (χ4n) is 3.93. The summed E-state index contributed by atoms with van der Waals surface area (Å²) in [4.78, 5) is 27.7. The first-order chi connectivity index (χ1) is 15.8. The molecule has 1 aliphatic rings. The Kier molecular flexibility index (Phi) is 6.20. The Morgan fingerprint density at radius 3 is 2.55 bits per heavy atom. The van der Waals surface area contributed by atoms with Crippen LogP contribution in [0.3, 0.4) is 0 Å². The van der Waals surface area contributed by atoms with E-state index >= 15 is 0 Å². The van der Waals surface area contributed by atoms with E-state index in [0.29, 0.717) is 34.2 Å². The van der Waals surface area contributed by atoms with E-state index in [-0.39, 0.29) is 16.9 Å². The van der Waals surface area contributed by atoms with Crippen molar-refractivity contribution in [3.8, 4) is 5.75 Å². The second-order valence-electron chi connectivity index (χ2n) is 7.62. The average Bonchev–Trinajstić information content (AvgIpc) is 3.06. The van der Waals surface area contributed by atoms with Crippen molar-refractivity contribution in [1.29, 1.82) is 0 Å². The minimum atomic E-state index is -0.936. The van der Waals surface area contributed by atoms with Crippen LogP contribution in [0.1, 0.15) is 29.7 Å². The zero-order valence-corrected chi connectivity index (χ0v) is 18.8. The predicted octanol–water partition coefficient (Wildman–Crippen LogP) is 5.81. The number of hydrogen-bond donors (Lipinski definition) is 1. The van der Waals surface area contributed by atoms with Crippen LogP contribution in [0.5, 0.6) is 5.75 Å². The van der Waals surface area contributed by atoms with Crippen molar-refractivity contribution < 1.29 is 23.8 Å². The number of carbonyl (C=O) groups is 2. The number of benzene rings is 3. The van der Waals surface area contributed by atoms with Crippen LogP contribution in [-0.2, 0) is 9.59 Å². The summed E-state index contributed by atoms with van der Waals surface area (Å²) in [6, 6.07) is 16.7. The Hall–Kier alpha value is -3.64. The van der Waals surface area contributed by atoms with Gasteiger partial charge in [-0.2, -0.15) is 0 Å². The molecule has 3 aromatic carbocycles. The monoisotopic (exact) mass is 465 g/mol. The molecule has 1 saturated heterocycles. The fourth-order valence-corrected chi connectivity index (χ4v) is 4.11. The molecule has 168 valence electrons. The lowest BCUT2D eigenvalue weighted by atomic mass is 9.94. The average molecular weight is 466 g/mol. The number of Topliss-reactive ketones (excluding diaryl/α,β-unsaturated/α-hetero) is 1. The highest BCUT2D eigenvalue weighted by atomic mass is 35.5. The van der Waals surface area contributed by atoms with Gasteiger partial charge in [-0.3, -0.25) is 14.5 Å². The number of amides is 1. The van der Waals surface area contributed by atoms with Crippen LogP contribution < -0.4 is 9.64 Å². The van der Waals surface area contributed by atoms with Crippen LogP contribution in [0.4, 0.5) is 10.1 Å². The fraction of sp³-hybridized carbons (Fsp3) is 0.154. The van der Waals surface area contributed by atoms with E-state index in [0.717, 1.165) is 0 Å². The summed E-state index contributed by atoms with van der Waals surface area (Å²) in [5.74, 6) is -1.91. The predicted molar refractivity (Wildman–Crippen MR) is 125 cm³/mol. The third kappa shape index (κ3) is 4.22. The Morgan fingerprint density at radius 1 is 1.09 bits per heavy atom. The Balaban J connectivity index is 1.96. The van der Waals surface area contributed by atoms with Gasteiger partial charge in [0.05, 0.1) is 18.2 Å². The van der Waals surface area contributed by atoms with Crippen molar-refractivity contribution in [2.45, 2.75) is 19.9 Å². The highest BCUT2D eigenvalue weighted by Crippen LogP contribution is 2.43. The maximum atomic E-state index is 13.8. The lowest BCUT2D eigenvalue weighted by molar-refractivity contribution is -0.132. The quantitative estimate of drug-likeness (QED) is 0.293. The summed E-state index contributed by atoms with van der Waals surface area (Å²) >= 11 is 6.15. The van der Waals surface area contributed by atoms with E-state index < -0.39 is 23.5 Å². The first-order valence-electron chi connectivity index (χ1n) is 10.4. The zero-order chi connectivity index (χ0) is 23.7. The molecule has 1 atom stereocenters. The topological polar surface area (TPSA) is 66.8 Å². The minimum absolute atomic E-state index is 0.0976. The number of carbonyl (C=O) groups excluding carboxylic acids is 2. The summed E-state index contributed by atoms with van der Waals surface area (Å²) in [6.45, 7) is 3.84. The molecule has 0 bridgehead atoms. The number of halogens is 2. The van der Waals surface area contributed by atoms with Gasteiger partial charge in [-0.05, 0) is 73.5 Å². The summed E-state index contributed by atoms with van der Waals surface area (Å²) in [5.41, 5.74) is 1.42. The van der Waals surface area contributed by atoms with Crippen LogP contribution in [0, 0.1) is 12.7 Å². The van der Waals surface area contributed by atoms with E-state index in [4.69, 9.17) is 16.3 Å². The van der Waals surface area contributed by atoms with Gasteiger partial charge >= 0.3 is 0 Å². The summed E-state index contributed by atoms with van der Waals surface area (Å²) in [5, 5.41) is 11.5. The van der Waals surface area contributed by atoms with Gasteiger partial charge in [-0.25, -0.2) is 4.39 Å². The molecule has 3 aromatic rings. The molecule has 4 rings (SSSR count). The minimum Gasteiger partial charge on any atom is -0.507 e. The molecular weight excluding hydrogens is 445 g/mol. The van der Waals surface area contributed by atoms with Gasteiger partial charge in [0.2, 0.25) is 0 Å². The first kappa shape index (κ1) is 22.6. The van der Waals surface area contributed by atoms with Crippen LogP contribution in [0.15, 0.2) is 72.3 Å². The van der Waals surface area contributed by atoms with Crippen molar-refractivity contribution in [3.63, 3.8) is 0 Å². The molecule has 1 fully saturated rings. The van der Waals surface area contributed by atoms with Gasteiger partial charge in [0.15, 0.2) is 0 Å². The molecule has 1 unspecified atom stereocenters. The largest absolute Gasteiger partial charge is 0.507 e. The lowest BCUT2D eigenvalue weighted by Gasteiger charge is -2.26. The zero-order valence-electron chi connectivity index (χ0n) is 18.0. The molecule has 1 heterocycles. The van der Waals surface area contributed by atoms with Gasteiger partial charge in [0, 0.05) is 16.3 Å². The van der Waals surface area contributed by atoms with Crippen LogP contribution in [-0.4, -0.2) is 23.4 Å². The van der Waals surface area contributed by atoms with Gasteiger partial charge in [-0.1, -0.05) is 29.8 Å². The van der Waals surface area contributed by atoms with Crippen molar-refractivity contribution >= 4 is 34.7 Å². The number of anilines is 1. The Bertz CT molecular complexity index is 1290. The van der Waals surface area contributed by atoms with Gasteiger partial charge in [-0.15, -0.1) is 0 Å². The maximum Gasteiger partial charge on any atom is 0.300 e. The Labute approximate surface area is 195 Å². The van der Waals surface area contributed by atoms with Crippen LogP contribution >= 0.6 is 11.6 Å². The van der Waals surface area contributed by atoms with E-state index in [2.05, 4.69) is 0 Å². The molecule has 0 saturated carbocycles. The molecule has 0 spiro atoms. The number of rotatable bonds is 5. The van der Waals surface area contributed by atoms with E-state index in [1.807, 2.05) is 6.92 Å². The van der Waals surface area contributed by atoms with Crippen LogP contribution in [0.25, 0.3) is 5.76 Å². The molecular formula is C26H21ClFNO4. The molecule has 1 N–H and O–H groups in total. The second kappa shape index (κ2) is 9.08. The highest BCUT2D eigenvalue weighted by molar-refractivity contribution is 6.51. The number of nitrogens with zero attached hydrogens (tertiary/aromatic N) is 1. The lowest BCUT2D eigenvalue weighted by Crippen LogP contribution is -2.29. The normalized spacial score (nSPS) is 17.5. The van der Waals surface area contributed by atoms with Crippen molar-refractivity contribution in [3.05, 3.63) is 99.8 Å². The van der Waals surface area contributed by atoms with E-state index in [1.165, 1.54) is 23.1 Å². The Morgan fingerprint density at radius 2 is 1.85 bits per heavy atom. The van der Waals surface area contributed by atoms with Gasteiger partial charge in [0.1, 0.15) is 17.3 Å². The summed E-state index contributed by atoms with van der Waals surface area (Å²) in [7, 11) is 0. The highest BCUT2D eigenvalue weighted by Gasteiger charge is 2.47. The number of ether oxygens (including phenoxy) is 1. The molecule has 0 aromatic heterocycles. The number of ketones is 1. The van der Waals surface area contributed by atoms with Crippen LogP contribution in [0.2, 0.25) is 5.02 Å². The molecule has 33 heavy (non-hydrogen) atoms. The van der Waals surface area contributed by atoms with Gasteiger partial charge in [0.25, 0.3) is 11.7 Å². The molecule has 5 nitrogen and oxygen atoms in total. The standard InChI is InChI=1S/C26H21ClFNO4/c1-3-33-20-9-4-6-16(13-20)23-22(24(30)17-10-11-21(28)15(2)12-17)25(31)26(32)29(23)19-8-5-7-18(27)14-19/h4-14,23,30H,3H2,1-2H3/b24-22+. The van der Waals surface area contributed by atoms with Gasteiger partial charge < -0.3 is 9.84 Å². The van der Waals surface area contributed by atoms with E-state index in [1.54, 1.807) is 55.5 Å². The SMILES string of the molecule is CCOc1cccc(C2/C(=C(\O)c3ccc(F)c(C)c3)C(=O)C(=O)N2c2cccc(Cl)c2)c1. The molecule has 1 amide bonds. The smallest absolute Gasteiger partial charge is 0.300 e. The summed E-state index contributed by atoms with van der Waals surface area (Å²) in [6.07, 6.45) is 0. The number of aryl methyl sites for hydroxylation is 1. The van der Waals surface area contributed by atoms with Crippen molar-refractivity contribution in [2.24, 2.45) is 0 Å². The van der Waals surface area contributed by atoms with Crippen molar-refractivity contribution in [1.82, 2.24) is 0 Å². The molecule has 0 aliphatic carbocycles. The maximum absolute atomic E-state index is 13.8. The third-order valence-corrected chi connectivity index (χ3v) is 5.68. The number of hydrogen-bond acceptors (Lipinski definition) is 4. The number of aliphatic hydroxyl groups is 1. The van der Waals surface area contributed by atoms with Crippen molar-refractivity contribution in [2.75, 3.05) is 11.5 Å². The van der Waals surface area contributed by atoms with E-state index in [9.17, 15) is 19.1 Å². The molecule has 1 aliphatic heterocycles. The summed E-state index contributed by atoms with van der Waals surface area (Å²) < 4.78 is 19.4.